The second-order valence-corrected chi connectivity index (χ2v) is 8.26. The molecule has 1 N–H and O–H groups in total. The Balaban J connectivity index is 1.75. The summed E-state index contributed by atoms with van der Waals surface area (Å²) >= 11 is 0. The van der Waals surface area contributed by atoms with Gasteiger partial charge in [0.2, 0.25) is 0 Å². The quantitative estimate of drug-likeness (QED) is 0.630. The van der Waals surface area contributed by atoms with Gasteiger partial charge >= 0.3 is 0 Å². The first-order chi connectivity index (χ1) is 13.7. The molecule has 0 spiro atoms. The molecule has 2 aromatic carbocycles. The number of phenolic OH excluding ortho intramolecular Hbond substituents is 1. The fourth-order valence-electron chi connectivity index (χ4n) is 4.83. The van der Waals surface area contributed by atoms with Crippen LogP contribution in [0.2, 0.25) is 0 Å². The summed E-state index contributed by atoms with van der Waals surface area (Å²) in [6, 6.07) is 12.4. The first-order valence-corrected chi connectivity index (χ1v) is 10.4. The molecular formula is C24H26FNO2. The molecule has 4 heteroatoms. The Kier molecular flexibility index (Phi) is 4.59. The van der Waals surface area contributed by atoms with Crippen molar-refractivity contribution in [3.05, 3.63) is 59.5 Å². The fraction of sp³-hybridized carbons (Fsp3) is 0.417. The minimum atomic E-state index is -0.222. The molecule has 0 bridgehead atoms. The van der Waals surface area contributed by atoms with Gasteiger partial charge in [0.15, 0.2) is 0 Å². The van der Waals surface area contributed by atoms with E-state index < -0.39 is 0 Å². The summed E-state index contributed by atoms with van der Waals surface area (Å²) in [5.41, 5.74) is 4.79. The van der Waals surface area contributed by atoms with Crippen LogP contribution in [0.15, 0.2) is 42.5 Å². The van der Waals surface area contributed by atoms with Gasteiger partial charge in [0.25, 0.3) is 0 Å². The van der Waals surface area contributed by atoms with E-state index in [1.807, 2.05) is 24.3 Å². The molecule has 3 aromatic rings. The van der Waals surface area contributed by atoms with Gasteiger partial charge in [-0.05, 0) is 73.2 Å². The molecule has 1 saturated carbocycles. The SMILES string of the molecule is Oc1ccc2c(c1)c(CC1CCC1)c(C1CCOCC1)n2-c1ccc(F)cc1. The Bertz CT molecular complexity index is 982. The molecule has 1 aliphatic carbocycles. The lowest BCUT2D eigenvalue weighted by Crippen LogP contribution is -2.20. The number of nitrogens with zero attached hydrogens (tertiary/aromatic N) is 1. The van der Waals surface area contributed by atoms with E-state index in [0.29, 0.717) is 11.7 Å². The van der Waals surface area contributed by atoms with Crippen molar-refractivity contribution in [3.8, 4) is 11.4 Å². The molecule has 5 rings (SSSR count). The van der Waals surface area contributed by atoms with Crippen molar-refractivity contribution >= 4 is 10.9 Å². The Morgan fingerprint density at radius 1 is 1.00 bits per heavy atom. The highest BCUT2D eigenvalue weighted by Crippen LogP contribution is 2.42. The lowest BCUT2D eigenvalue weighted by atomic mass is 9.79. The summed E-state index contributed by atoms with van der Waals surface area (Å²) in [7, 11) is 0. The van der Waals surface area contributed by atoms with Crippen LogP contribution in [-0.4, -0.2) is 22.9 Å². The highest BCUT2D eigenvalue weighted by atomic mass is 19.1. The van der Waals surface area contributed by atoms with Crippen LogP contribution in [-0.2, 0) is 11.2 Å². The zero-order valence-electron chi connectivity index (χ0n) is 16.0. The number of halogens is 1. The second kappa shape index (κ2) is 7.25. The lowest BCUT2D eigenvalue weighted by molar-refractivity contribution is 0.0840. The van der Waals surface area contributed by atoms with Crippen LogP contribution in [0.5, 0.6) is 5.75 Å². The van der Waals surface area contributed by atoms with Gasteiger partial charge in [-0.3, -0.25) is 0 Å². The van der Waals surface area contributed by atoms with Crippen molar-refractivity contribution in [1.82, 2.24) is 4.57 Å². The maximum atomic E-state index is 13.6. The number of ether oxygens (including phenoxy) is 1. The van der Waals surface area contributed by atoms with E-state index in [0.717, 1.165) is 55.0 Å². The molecule has 1 aromatic heterocycles. The van der Waals surface area contributed by atoms with Crippen LogP contribution in [0.3, 0.4) is 0 Å². The summed E-state index contributed by atoms with van der Waals surface area (Å²) < 4.78 is 21.5. The molecule has 146 valence electrons. The molecule has 0 radical (unpaired) electrons. The van der Waals surface area contributed by atoms with E-state index in [1.165, 1.54) is 42.7 Å². The van der Waals surface area contributed by atoms with Gasteiger partial charge in [-0.25, -0.2) is 4.39 Å². The summed E-state index contributed by atoms with van der Waals surface area (Å²) in [6.45, 7) is 1.56. The summed E-state index contributed by atoms with van der Waals surface area (Å²) in [5.74, 6) is 1.23. The Morgan fingerprint density at radius 3 is 2.43 bits per heavy atom. The van der Waals surface area contributed by atoms with Crippen molar-refractivity contribution in [1.29, 1.82) is 0 Å². The smallest absolute Gasteiger partial charge is 0.123 e. The molecule has 0 amide bonds. The minimum absolute atomic E-state index is 0.222. The van der Waals surface area contributed by atoms with Gasteiger partial charge in [0.05, 0.1) is 5.52 Å². The monoisotopic (exact) mass is 379 g/mol. The fourth-order valence-corrected chi connectivity index (χ4v) is 4.83. The van der Waals surface area contributed by atoms with Crippen LogP contribution < -0.4 is 0 Å². The molecule has 2 heterocycles. The number of aromatic hydroxyl groups is 1. The van der Waals surface area contributed by atoms with E-state index >= 15 is 0 Å². The Hall–Kier alpha value is -2.33. The molecule has 3 nitrogen and oxygen atoms in total. The van der Waals surface area contributed by atoms with Crippen LogP contribution in [0.1, 0.15) is 49.3 Å². The topological polar surface area (TPSA) is 34.4 Å². The number of aromatic nitrogens is 1. The van der Waals surface area contributed by atoms with Crippen LogP contribution in [0, 0.1) is 11.7 Å². The second-order valence-electron chi connectivity index (χ2n) is 8.26. The third-order valence-corrected chi connectivity index (χ3v) is 6.51. The standard InChI is InChI=1S/C24H26FNO2/c25-18-4-6-19(7-5-18)26-23-9-8-20(27)15-21(23)22(14-16-2-1-3-16)24(26)17-10-12-28-13-11-17/h4-9,15-17,27H,1-3,10-14H2. The number of benzene rings is 2. The molecule has 2 fully saturated rings. The third kappa shape index (κ3) is 3.10. The minimum Gasteiger partial charge on any atom is -0.508 e. The maximum Gasteiger partial charge on any atom is 0.123 e. The van der Waals surface area contributed by atoms with Crippen LogP contribution >= 0.6 is 0 Å². The average Bonchev–Trinajstić information content (AvgIpc) is 2.99. The zero-order valence-corrected chi connectivity index (χ0v) is 16.0. The third-order valence-electron chi connectivity index (χ3n) is 6.51. The van der Waals surface area contributed by atoms with Gasteiger partial charge in [0, 0.05) is 35.9 Å². The van der Waals surface area contributed by atoms with Crippen molar-refractivity contribution in [2.24, 2.45) is 5.92 Å². The molecular weight excluding hydrogens is 353 g/mol. The number of fused-ring (bicyclic) bond motifs is 1. The molecule has 28 heavy (non-hydrogen) atoms. The van der Waals surface area contributed by atoms with Gasteiger partial charge in [-0.15, -0.1) is 0 Å². The molecule has 0 unspecified atom stereocenters. The van der Waals surface area contributed by atoms with Crippen molar-refractivity contribution in [3.63, 3.8) is 0 Å². The zero-order chi connectivity index (χ0) is 19.1. The summed E-state index contributed by atoms with van der Waals surface area (Å²) in [4.78, 5) is 0. The van der Waals surface area contributed by atoms with Crippen LogP contribution in [0.25, 0.3) is 16.6 Å². The molecule has 2 aliphatic rings. The van der Waals surface area contributed by atoms with Crippen molar-refractivity contribution in [2.45, 2.75) is 44.4 Å². The first-order valence-electron chi connectivity index (χ1n) is 10.4. The van der Waals surface area contributed by atoms with E-state index in [1.54, 1.807) is 6.07 Å². The van der Waals surface area contributed by atoms with Gasteiger partial charge in [-0.2, -0.15) is 0 Å². The van der Waals surface area contributed by atoms with Gasteiger partial charge in [-0.1, -0.05) is 19.3 Å². The van der Waals surface area contributed by atoms with Crippen LogP contribution in [0.4, 0.5) is 4.39 Å². The predicted octanol–water partition coefficient (Wildman–Crippen LogP) is 5.71. The Labute approximate surface area is 164 Å². The highest BCUT2D eigenvalue weighted by Gasteiger charge is 2.29. The molecule has 0 atom stereocenters. The maximum absolute atomic E-state index is 13.6. The predicted molar refractivity (Wildman–Crippen MR) is 109 cm³/mol. The highest BCUT2D eigenvalue weighted by molar-refractivity contribution is 5.89. The van der Waals surface area contributed by atoms with E-state index in [9.17, 15) is 9.50 Å². The lowest BCUT2D eigenvalue weighted by Gasteiger charge is -2.29. The molecule has 1 saturated heterocycles. The first kappa shape index (κ1) is 17.7. The molecule has 1 aliphatic heterocycles. The van der Waals surface area contributed by atoms with E-state index in [-0.39, 0.29) is 5.82 Å². The average molecular weight is 379 g/mol. The van der Waals surface area contributed by atoms with Crippen molar-refractivity contribution < 1.29 is 14.2 Å². The van der Waals surface area contributed by atoms with Gasteiger partial charge in [0.1, 0.15) is 11.6 Å². The van der Waals surface area contributed by atoms with Gasteiger partial charge < -0.3 is 14.4 Å². The summed E-state index contributed by atoms with van der Waals surface area (Å²) in [5, 5.41) is 11.3. The number of rotatable bonds is 4. The Morgan fingerprint density at radius 2 is 1.75 bits per heavy atom. The normalized spacial score (nSPS) is 18.5. The summed E-state index contributed by atoms with van der Waals surface area (Å²) in [6.07, 6.45) is 6.95. The van der Waals surface area contributed by atoms with Crippen molar-refractivity contribution in [2.75, 3.05) is 13.2 Å². The number of phenols is 1. The number of hydrogen-bond acceptors (Lipinski definition) is 2. The number of hydrogen-bond donors (Lipinski definition) is 1. The van der Waals surface area contributed by atoms with E-state index in [4.69, 9.17) is 4.74 Å². The largest absolute Gasteiger partial charge is 0.508 e. The van der Waals surface area contributed by atoms with E-state index in [2.05, 4.69) is 4.57 Å².